The molecule has 0 spiro atoms. The molecule has 0 radical (unpaired) electrons. The molecular formula is C15H17N3O3. The van der Waals surface area contributed by atoms with E-state index in [-0.39, 0.29) is 5.69 Å². The van der Waals surface area contributed by atoms with E-state index in [2.05, 4.69) is 10.3 Å². The Morgan fingerprint density at radius 3 is 2.62 bits per heavy atom. The molecule has 110 valence electrons. The van der Waals surface area contributed by atoms with Gasteiger partial charge < -0.3 is 10.1 Å². The molecule has 0 unspecified atom stereocenters. The average Bonchev–Trinajstić information content (AvgIpc) is 2.45. The summed E-state index contributed by atoms with van der Waals surface area (Å²) in [5, 5.41) is 13.9. The van der Waals surface area contributed by atoms with Crippen molar-refractivity contribution in [3.63, 3.8) is 0 Å². The average molecular weight is 287 g/mol. The summed E-state index contributed by atoms with van der Waals surface area (Å²) in [4.78, 5) is 14.4. The van der Waals surface area contributed by atoms with Gasteiger partial charge in [-0.15, -0.1) is 0 Å². The number of aryl methyl sites for hydroxylation is 2. The van der Waals surface area contributed by atoms with Gasteiger partial charge in [0, 0.05) is 12.1 Å². The van der Waals surface area contributed by atoms with Gasteiger partial charge in [0.05, 0.1) is 12.0 Å². The van der Waals surface area contributed by atoms with E-state index < -0.39 is 4.92 Å². The van der Waals surface area contributed by atoms with Crippen molar-refractivity contribution in [2.24, 2.45) is 0 Å². The van der Waals surface area contributed by atoms with E-state index in [0.717, 1.165) is 16.9 Å². The van der Waals surface area contributed by atoms with Gasteiger partial charge in [-0.3, -0.25) is 10.1 Å². The Kier molecular flexibility index (Phi) is 4.37. The zero-order valence-electron chi connectivity index (χ0n) is 12.2. The van der Waals surface area contributed by atoms with Crippen LogP contribution in [0.4, 0.5) is 11.5 Å². The van der Waals surface area contributed by atoms with Crippen molar-refractivity contribution in [1.29, 1.82) is 0 Å². The molecule has 1 N–H and O–H groups in total. The number of benzene rings is 1. The molecule has 0 fully saturated rings. The van der Waals surface area contributed by atoms with Crippen LogP contribution in [0.1, 0.15) is 16.7 Å². The van der Waals surface area contributed by atoms with Crippen molar-refractivity contribution < 1.29 is 9.66 Å². The zero-order chi connectivity index (χ0) is 15.4. The highest BCUT2D eigenvalue weighted by molar-refractivity contribution is 5.47. The minimum atomic E-state index is -0.432. The molecule has 2 rings (SSSR count). The molecule has 2 aromatic rings. The number of nitrogens with zero attached hydrogens (tertiary/aromatic N) is 2. The quantitative estimate of drug-likeness (QED) is 0.674. The fraction of sp³-hybridized carbons (Fsp3) is 0.267. The van der Waals surface area contributed by atoms with Gasteiger partial charge in [-0.05, 0) is 37.1 Å². The van der Waals surface area contributed by atoms with Crippen molar-refractivity contribution in [2.45, 2.75) is 20.4 Å². The van der Waals surface area contributed by atoms with E-state index >= 15 is 0 Å². The number of aromatic nitrogens is 1. The molecule has 6 heteroatoms. The molecule has 1 heterocycles. The third-order valence-corrected chi connectivity index (χ3v) is 3.21. The van der Waals surface area contributed by atoms with Crippen LogP contribution in [-0.4, -0.2) is 17.0 Å². The largest absolute Gasteiger partial charge is 0.496 e. The lowest BCUT2D eigenvalue weighted by Crippen LogP contribution is -2.03. The van der Waals surface area contributed by atoms with Gasteiger partial charge in [0.25, 0.3) is 5.69 Å². The molecule has 0 saturated carbocycles. The van der Waals surface area contributed by atoms with Gasteiger partial charge >= 0.3 is 0 Å². The zero-order valence-corrected chi connectivity index (χ0v) is 12.2. The Balaban J connectivity index is 2.08. The first-order chi connectivity index (χ1) is 10.0. The van der Waals surface area contributed by atoms with Crippen molar-refractivity contribution in [3.8, 4) is 5.75 Å². The van der Waals surface area contributed by atoms with Crippen molar-refractivity contribution in [3.05, 3.63) is 57.3 Å². The number of anilines is 1. The van der Waals surface area contributed by atoms with Crippen molar-refractivity contribution in [2.75, 3.05) is 12.4 Å². The molecule has 1 aromatic heterocycles. The summed E-state index contributed by atoms with van der Waals surface area (Å²) in [5.41, 5.74) is 2.76. The van der Waals surface area contributed by atoms with Crippen LogP contribution in [-0.2, 0) is 6.54 Å². The number of hydrogen-bond donors (Lipinski definition) is 1. The van der Waals surface area contributed by atoms with E-state index in [1.807, 2.05) is 25.1 Å². The fourth-order valence-corrected chi connectivity index (χ4v) is 2.08. The number of hydrogen-bond acceptors (Lipinski definition) is 5. The Morgan fingerprint density at radius 1 is 1.29 bits per heavy atom. The Hall–Kier alpha value is -2.63. The summed E-state index contributed by atoms with van der Waals surface area (Å²) in [5.74, 6) is 1.47. The number of nitro groups is 1. The molecule has 0 amide bonds. The summed E-state index contributed by atoms with van der Waals surface area (Å²) in [6, 6.07) is 7.59. The van der Waals surface area contributed by atoms with Gasteiger partial charge in [0.1, 0.15) is 17.8 Å². The molecule has 0 aliphatic heterocycles. The monoisotopic (exact) mass is 287 g/mol. The summed E-state index contributed by atoms with van der Waals surface area (Å²) >= 11 is 0. The van der Waals surface area contributed by atoms with Crippen LogP contribution in [0.25, 0.3) is 0 Å². The van der Waals surface area contributed by atoms with Crippen molar-refractivity contribution in [1.82, 2.24) is 4.98 Å². The van der Waals surface area contributed by atoms with Crippen LogP contribution in [0.15, 0.2) is 30.5 Å². The summed E-state index contributed by atoms with van der Waals surface area (Å²) in [6.07, 6.45) is 1.27. The molecule has 21 heavy (non-hydrogen) atoms. The fourth-order valence-electron chi connectivity index (χ4n) is 2.08. The highest BCUT2D eigenvalue weighted by Gasteiger charge is 2.11. The van der Waals surface area contributed by atoms with E-state index in [0.29, 0.717) is 17.9 Å². The van der Waals surface area contributed by atoms with Crippen LogP contribution in [0.5, 0.6) is 5.75 Å². The molecule has 0 saturated heterocycles. The molecule has 0 aliphatic carbocycles. The van der Waals surface area contributed by atoms with Crippen molar-refractivity contribution >= 4 is 11.5 Å². The first-order valence-electron chi connectivity index (χ1n) is 6.49. The maximum atomic E-state index is 10.7. The van der Waals surface area contributed by atoms with Gasteiger partial charge in [0.15, 0.2) is 0 Å². The summed E-state index contributed by atoms with van der Waals surface area (Å²) < 4.78 is 5.22. The first kappa shape index (κ1) is 14.8. The van der Waals surface area contributed by atoms with E-state index in [9.17, 15) is 10.1 Å². The third kappa shape index (κ3) is 3.47. The lowest BCUT2D eigenvalue weighted by atomic mass is 10.1. The number of ether oxygens (including phenoxy) is 1. The summed E-state index contributed by atoms with van der Waals surface area (Å²) in [7, 11) is 1.64. The highest BCUT2D eigenvalue weighted by atomic mass is 16.6. The minimum absolute atomic E-state index is 0.0286. The predicted molar refractivity (Wildman–Crippen MR) is 80.7 cm³/mol. The van der Waals surface area contributed by atoms with Crippen LogP contribution >= 0.6 is 0 Å². The van der Waals surface area contributed by atoms with Gasteiger partial charge in [-0.2, -0.15) is 0 Å². The highest BCUT2D eigenvalue weighted by Crippen LogP contribution is 2.21. The number of pyridine rings is 1. The molecule has 1 aromatic carbocycles. The van der Waals surface area contributed by atoms with E-state index in [4.69, 9.17) is 4.74 Å². The topological polar surface area (TPSA) is 77.3 Å². The van der Waals surface area contributed by atoms with Gasteiger partial charge in [-0.25, -0.2) is 4.98 Å². The molecule has 0 bridgehead atoms. The Labute approximate surface area is 122 Å². The van der Waals surface area contributed by atoms with Crippen LogP contribution < -0.4 is 10.1 Å². The minimum Gasteiger partial charge on any atom is -0.496 e. The Morgan fingerprint density at radius 2 is 2.05 bits per heavy atom. The number of rotatable bonds is 5. The second kappa shape index (κ2) is 6.21. The normalized spacial score (nSPS) is 10.2. The van der Waals surface area contributed by atoms with Gasteiger partial charge in [0.2, 0.25) is 0 Å². The van der Waals surface area contributed by atoms with E-state index in [1.54, 1.807) is 20.1 Å². The number of nitrogens with one attached hydrogen (secondary N) is 1. The third-order valence-electron chi connectivity index (χ3n) is 3.21. The van der Waals surface area contributed by atoms with Crippen LogP contribution in [0, 0.1) is 24.0 Å². The maximum Gasteiger partial charge on any atom is 0.290 e. The second-order valence-electron chi connectivity index (χ2n) is 4.77. The predicted octanol–water partition coefficient (Wildman–Crippen LogP) is 3.23. The van der Waals surface area contributed by atoms with E-state index in [1.165, 1.54) is 6.20 Å². The lowest BCUT2D eigenvalue weighted by Gasteiger charge is -2.09. The first-order valence-corrected chi connectivity index (χ1v) is 6.49. The van der Waals surface area contributed by atoms with Gasteiger partial charge in [-0.1, -0.05) is 12.1 Å². The van der Waals surface area contributed by atoms with Crippen LogP contribution in [0.3, 0.4) is 0 Å². The number of methoxy groups -OCH3 is 1. The lowest BCUT2D eigenvalue weighted by molar-refractivity contribution is -0.385. The molecular weight excluding hydrogens is 270 g/mol. The second-order valence-corrected chi connectivity index (χ2v) is 4.77. The standard InChI is InChI=1S/C15H17N3O3/c1-10-7-15(17-9-13(10)18(19)20)16-8-12-4-5-14(21-3)11(2)6-12/h4-7,9H,8H2,1-3H3,(H,16,17). The van der Waals surface area contributed by atoms with Crippen LogP contribution in [0.2, 0.25) is 0 Å². The smallest absolute Gasteiger partial charge is 0.290 e. The molecule has 0 atom stereocenters. The summed E-state index contributed by atoms with van der Waals surface area (Å²) in [6.45, 7) is 4.27. The SMILES string of the molecule is COc1ccc(CNc2cc(C)c([N+](=O)[O-])cn2)cc1C. The maximum absolute atomic E-state index is 10.7. The molecule has 0 aliphatic rings. The molecule has 6 nitrogen and oxygen atoms in total. The Bertz CT molecular complexity index is 671.